The van der Waals surface area contributed by atoms with E-state index >= 15 is 0 Å². The number of hydrogen-bond donors (Lipinski definition) is 2. The van der Waals surface area contributed by atoms with E-state index in [0.29, 0.717) is 18.0 Å². The number of aromatic nitrogens is 3. The number of aliphatic hydroxyl groups is 1. The third-order valence-electron chi connectivity index (χ3n) is 3.93. The molecule has 1 aromatic rings. The number of nitrogens with zero attached hydrogens (tertiary/aromatic N) is 3. The lowest BCUT2D eigenvalue weighted by atomic mass is 10.2. The van der Waals surface area contributed by atoms with Gasteiger partial charge in [-0.15, -0.1) is 10.2 Å². The first kappa shape index (κ1) is 14.4. The van der Waals surface area contributed by atoms with E-state index in [1.165, 1.54) is 31.5 Å². The lowest BCUT2D eigenvalue weighted by Gasteiger charge is -2.16. The van der Waals surface area contributed by atoms with Crippen molar-refractivity contribution in [2.75, 3.05) is 18.9 Å². The van der Waals surface area contributed by atoms with Gasteiger partial charge in [-0.3, -0.25) is 0 Å². The molecule has 0 spiro atoms. The highest BCUT2D eigenvalue weighted by atomic mass is 32.2. The van der Waals surface area contributed by atoms with E-state index in [1.807, 2.05) is 0 Å². The van der Waals surface area contributed by atoms with Gasteiger partial charge in [0.1, 0.15) is 5.82 Å². The maximum Gasteiger partial charge on any atom is 0.191 e. The van der Waals surface area contributed by atoms with Crippen LogP contribution in [0.25, 0.3) is 0 Å². The topological polar surface area (TPSA) is 63.0 Å². The third kappa shape index (κ3) is 3.35. The molecule has 0 radical (unpaired) electrons. The molecule has 2 aliphatic rings. The molecule has 1 unspecified atom stereocenters. The molecule has 6 heteroatoms. The van der Waals surface area contributed by atoms with Crippen molar-refractivity contribution in [3.8, 4) is 0 Å². The van der Waals surface area contributed by atoms with Gasteiger partial charge >= 0.3 is 0 Å². The highest BCUT2D eigenvalue weighted by Crippen LogP contribution is 2.46. The van der Waals surface area contributed by atoms with Crippen LogP contribution in [0.2, 0.25) is 0 Å². The average Bonchev–Trinajstić information content (AvgIpc) is 3.35. The molecule has 1 aromatic heterocycles. The maximum absolute atomic E-state index is 9.12. The molecule has 5 nitrogen and oxygen atoms in total. The Balaban J connectivity index is 1.64. The molecule has 0 aliphatic heterocycles. The van der Waals surface area contributed by atoms with Gasteiger partial charge in [-0.25, -0.2) is 0 Å². The Kier molecular flexibility index (Phi) is 4.63. The largest absolute Gasteiger partial charge is 0.396 e. The Labute approximate surface area is 124 Å². The lowest BCUT2D eigenvalue weighted by Crippen LogP contribution is -2.32. The summed E-state index contributed by atoms with van der Waals surface area (Å²) >= 11 is 1.79. The van der Waals surface area contributed by atoms with Gasteiger partial charge in [0.2, 0.25) is 0 Å². The second kappa shape index (κ2) is 6.45. The molecule has 3 rings (SSSR count). The van der Waals surface area contributed by atoms with Crippen LogP contribution in [0.1, 0.15) is 56.8 Å². The first-order valence-corrected chi connectivity index (χ1v) is 8.73. The fourth-order valence-electron chi connectivity index (χ4n) is 2.55. The van der Waals surface area contributed by atoms with Crippen LogP contribution in [0.15, 0.2) is 5.16 Å². The van der Waals surface area contributed by atoms with E-state index in [1.54, 1.807) is 11.8 Å². The first-order valence-electron chi connectivity index (χ1n) is 7.75. The molecule has 2 N–H and O–H groups in total. The zero-order valence-corrected chi connectivity index (χ0v) is 12.9. The van der Waals surface area contributed by atoms with Gasteiger partial charge in [0.25, 0.3) is 0 Å². The molecule has 0 amide bonds. The van der Waals surface area contributed by atoms with Gasteiger partial charge in [-0.05, 0) is 38.6 Å². The van der Waals surface area contributed by atoms with Crippen molar-refractivity contribution in [1.29, 1.82) is 0 Å². The monoisotopic (exact) mass is 296 g/mol. The van der Waals surface area contributed by atoms with Crippen LogP contribution < -0.4 is 5.32 Å². The van der Waals surface area contributed by atoms with E-state index in [0.717, 1.165) is 23.9 Å². The second-order valence-electron chi connectivity index (χ2n) is 5.79. The highest BCUT2D eigenvalue weighted by molar-refractivity contribution is 7.99. The molecule has 1 heterocycles. The van der Waals surface area contributed by atoms with Gasteiger partial charge in [-0.1, -0.05) is 18.7 Å². The number of nitrogens with one attached hydrogen (secondary N) is 1. The summed E-state index contributed by atoms with van der Waals surface area (Å²) in [6.07, 6.45) is 5.91. The number of thioether (sulfide) groups is 1. The molecular formula is C14H24N4OS. The molecule has 112 valence electrons. The predicted molar refractivity (Wildman–Crippen MR) is 80.2 cm³/mol. The van der Waals surface area contributed by atoms with Gasteiger partial charge in [0.15, 0.2) is 5.16 Å². The van der Waals surface area contributed by atoms with E-state index in [9.17, 15) is 0 Å². The Morgan fingerprint density at radius 1 is 1.35 bits per heavy atom. The molecule has 0 bridgehead atoms. The normalized spacial score (nSPS) is 20.3. The minimum atomic E-state index is 0.237. The van der Waals surface area contributed by atoms with E-state index in [-0.39, 0.29) is 6.61 Å². The van der Waals surface area contributed by atoms with Gasteiger partial charge in [-0.2, -0.15) is 0 Å². The Bertz CT molecular complexity index is 436. The van der Waals surface area contributed by atoms with Crippen molar-refractivity contribution in [2.45, 2.75) is 62.2 Å². The smallest absolute Gasteiger partial charge is 0.191 e. The summed E-state index contributed by atoms with van der Waals surface area (Å²) in [7, 11) is 0. The summed E-state index contributed by atoms with van der Waals surface area (Å²) in [5.74, 6) is 2.83. The van der Waals surface area contributed by atoms with Gasteiger partial charge in [0, 0.05) is 30.4 Å². The van der Waals surface area contributed by atoms with Crippen LogP contribution in [-0.4, -0.2) is 44.8 Å². The van der Waals surface area contributed by atoms with Crippen molar-refractivity contribution >= 4 is 11.8 Å². The van der Waals surface area contributed by atoms with Gasteiger partial charge < -0.3 is 15.0 Å². The Morgan fingerprint density at radius 3 is 2.75 bits per heavy atom. The van der Waals surface area contributed by atoms with E-state index < -0.39 is 0 Å². The minimum Gasteiger partial charge on any atom is -0.396 e. The maximum atomic E-state index is 9.12. The number of rotatable bonds is 9. The van der Waals surface area contributed by atoms with Crippen molar-refractivity contribution in [3.05, 3.63) is 5.82 Å². The van der Waals surface area contributed by atoms with Crippen LogP contribution in [0, 0.1) is 0 Å². The molecule has 1 atom stereocenters. The molecule has 2 fully saturated rings. The van der Waals surface area contributed by atoms with E-state index in [4.69, 9.17) is 5.11 Å². The third-order valence-corrected chi connectivity index (χ3v) is 5.03. The number of aliphatic hydroxyl groups excluding tert-OH is 1. The quantitative estimate of drug-likeness (QED) is 0.682. The fourth-order valence-corrected chi connectivity index (χ4v) is 3.66. The molecule has 20 heavy (non-hydrogen) atoms. The fraction of sp³-hybridized carbons (Fsp3) is 0.857. The van der Waals surface area contributed by atoms with Crippen LogP contribution in [0.3, 0.4) is 0 Å². The SMILES string of the molecule is CCNC(CCO)CSc1nnc(C2CC2)n1C1CC1. The van der Waals surface area contributed by atoms with Crippen molar-refractivity contribution in [1.82, 2.24) is 20.1 Å². The predicted octanol–water partition coefficient (Wildman–Crippen LogP) is 1.94. The second-order valence-corrected chi connectivity index (χ2v) is 6.78. The summed E-state index contributed by atoms with van der Waals surface area (Å²) < 4.78 is 2.39. The zero-order chi connectivity index (χ0) is 13.9. The molecule has 0 aromatic carbocycles. The molecule has 2 saturated carbocycles. The van der Waals surface area contributed by atoms with Crippen LogP contribution in [0.5, 0.6) is 0 Å². The molecule has 0 saturated heterocycles. The molecular weight excluding hydrogens is 272 g/mol. The number of hydrogen-bond acceptors (Lipinski definition) is 5. The van der Waals surface area contributed by atoms with Crippen LogP contribution in [0.4, 0.5) is 0 Å². The summed E-state index contributed by atoms with van der Waals surface area (Å²) in [6, 6.07) is 1.00. The summed E-state index contributed by atoms with van der Waals surface area (Å²) in [4.78, 5) is 0. The highest BCUT2D eigenvalue weighted by Gasteiger charge is 2.36. The van der Waals surface area contributed by atoms with Gasteiger partial charge in [0.05, 0.1) is 0 Å². The molecule has 2 aliphatic carbocycles. The van der Waals surface area contributed by atoms with Crippen LogP contribution in [-0.2, 0) is 0 Å². The van der Waals surface area contributed by atoms with Crippen molar-refractivity contribution in [3.63, 3.8) is 0 Å². The van der Waals surface area contributed by atoms with Crippen molar-refractivity contribution in [2.24, 2.45) is 0 Å². The van der Waals surface area contributed by atoms with E-state index in [2.05, 4.69) is 27.0 Å². The van der Waals surface area contributed by atoms with Crippen LogP contribution >= 0.6 is 11.8 Å². The first-order chi connectivity index (χ1) is 9.83. The zero-order valence-electron chi connectivity index (χ0n) is 12.1. The Hall–Kier alpha value is -0.590. The standard InChI is InChI=1S/C14H24N4OS/c1-2-15-11(7-8-19)9-20-14-17-16-13(10-3-4-10)18(14)12-5-6-12/h10-12,15,19H,2-9H2,1H3. The average molecular weight is 296 g/mol. The minimum absolute atomic E-state index is 0.237. The lowest BCUT2D eigenvalue weighted by molar-refractivity contribution is 0.271. The Morgan fingerprint density at radius 2 is 2.15 bits per heavy atom. The summed E-state index contributed by atoms with van der Waals surface area (Å²) in [6.45, 7) is 3.28. The van der Waals surface area contributed by atoms with Crippen molar-refractivity contribution < 1.29 is 5.11 Å². The summed E-state index contributed by atoms with van der Waals surface area (Å²) in [5.41, 5.74) is 0. The summed E-state index contributed by atoms with van der Waals surface area (Å²) in [5, 5.41) is 22.5.